The van der Waals surface area contributed by atoms with Crippen molar-refractivity contribution in [2.24, 2.45) is 0 Å². The molecule has 3 aromatic rings. The summed E-state index contributed by atoms with van der Waals surface area (Å²) in [7, 11) is 0. The highest BCUT2D eigenvalue weighted by molar-refractivity contribution is 5.78. The maximum atomic E-state index is 6.23. The molecule has 64 heavy (non-hydrogen) atoms. The van der Waals surface area contributed by atoms with Crippen LogP contribution >= 0.6 is 0 Å². The number of hydrogen-bond acceptors (Lipinski definition) is 15. The number of ether oxygens (including phenoxy) is 9. The number of hydrogen-bond donors (Lipinski definition) is 0. The monoisotopic (exact) mass is 888 g/mol. The van der Waals surface area contributed by atoms with Crippen LogP contribution in [0.3, 0.4) is 0 Å². The highest BCUT2D eigenvalue weighted by atomic mass is 17.2. The Balaban J connectivity index is 1.90. The lowest BCUT2D eigenvalue weighted by molar-refractivity contribution is -0.289. The van der Waals surface area contributed by atoms with Crippen molar-refractivity contribution in [3.05, 3.63) is 147 Å². The molecule has 0 aliphatic carbocycles. The van der Waals surface area contributed by atoms with Gasteiger partial charge in [-0.1, -0.05) is 86.5 Å². The van der Waals surface area contributed by atoms with Crippen molar-refractivity contribution in [3.8, 4) is 34.5 Å². The summed E-state index contributed by atoms with van der Waals surface area (Å²) in [5, 5.41) is 0. The maximum absolute atomic E-state index is 6.23. The van der Waals surface area contributed by atoms with Gasteiger partial charge < -0.3 is 42.6 Å². The SMILES string of the molecule is C=CCOOCCOc1ccc(/C=C/c2ccc(/C=C/c3ccc(OCCOC=C)c(OCCOC=C)c3OCCOOCC=C)cc2)c(OCCOC=C)c1OCCOOCC=C. The average Bonchev–Trinajstić information content (AvgIpc) is 3.31. The molecule has 3 rings (SSSR count). The molecule has 15 heteroatoms. The first-order valence-corrected chi connectivity index (χ1v) is 20.4. The molecular weight excluding hydrogens is 829 g/mol. The second-order valence-electron chi connectivity index (χ2n) is 12.3. The summed E-state index contributed by atoms with van der Waals surface area (Å²) in [6, 6.07) is 15.3. The first kappa shape index (κ1) is 51.9. The molecule has 0 N–H and O–H groups in total. The van der Waals surface area contributed by atoms with Crippen molar-refractivity contribution in [2.75, 3.05) is 99.1 Å². The predicted molar refractivity (Wildman–Crippen MR) is 245 cm³/mol. The second-order valence-corrected chi connectivity index (χ2v) is 12.3. The van der Waals surface area contributed by atoms with Gasteiger partial charge in [0.1, 0.15) is 99.1 Å². The molecule has 3 aromatic carbocycles. The first-order chi connectivity index (χ1) is 31.6. The number of rotatable bonds is 40. The van der Waals surface area contributed by atoms with Crippen molar-refractivity contribution < 1.29 is 72.0 Å². The van der Waals surface area contributed by atoms with E-state index in [1.54, 1.807) is 24.3 Å². The molecule has 0 aromatic heterocycles. The molecule has 15 nitrogen and oxygen atoms in total. The van der Waals surface area contributed by atoms with E-state index in [4.69, 9.17) is 72.0 Å². The molecule has 0 aliphatic rings. The quantitative estimate of drug-likeness (QED) is 0.0134. The van der Waals surface area contributed by atoms with Crippen LogP contribution in [0.25, 0.3) is 24.3 Å². The van der Waals surface area contributed by atoms with E-state index in [2.05, 4.69) is 39.5 Å². The summed E-state index contributed by atoms with van der Waals surface area (Å²) in [5.41, 5.74) is 3.30. The molecule has 0 radical (unpaired) electrons. The Labute approximate surface area is 376 Å². The first-order valence-electron chi connectivity index (χ1n) is 20.4. The van der Waals surface area contributed by atoms with Crippen LogP contribution < -0.4 is 28.4 Å². The van der Waals surface area contributed by atoms with Crippen molar-refractivity contribution in [1.82, 2.24) is 0 Å². The lowest BCUT2D eigenvalue weighted by Crippen LogP contribution is -2.13. The molecule has 0 amide bonds. The fraction of sp³-hybridized carbons (Fsp3) is 0.306. The lowest BCUT2D eigenvalue weighted by Gasteiger charge is -2.19. The topological polar surface area (TPSA) is 138 Å². The minimum Gasteiger partial charge on any atom is -0.498 e. The summed E-state index contributed by atoms with van der Waals surface area (Å²) in [4.78, 5) is 30.6. The zero-order valence-corrected chi connectivity index (χ0v) is 36.4. The Bertz CT molecular complexity index is 1870. The van der Waals surface area contributed by atoms with E-state index in [0.29, 0.717) is 41.1 Å². The van der Waals surface area contributed by atoms with Crippen LogP contribution in [0, 0.1) is 0 Å². The minimum absolute atomic E-state index is 0.129. The summed E-state index contributed by atoms with van der Waals surface area (Å²) in [6.45, 7) is 24.7. The fourth-order valence-corrected chi connectivity index (χ4v) is 5.11. The van der Waals surface area contributed by atoms with Crippen LogP contribution in [-0.4, -0.2) is 99.1 Å². The van der Waals surface area contributed by atoms with E-state index >= 15 is 0 Å². The van der Waals surface area contributed by atoms with Gasteiger partial charge in [0.25, 0.3) is 0 Å². The third-order valence-electron chi connectivity index (χ3n) is 7.83. The van der Waals surface area contributed by atoms with Gasteiger partial charge in [-0.15, -0.1) is 19.7 Å². The van der Waals surface area contributed by atoms with Gasteiger partial charge in [0.2, 0.25) is 11.5 Å². The van der Waals surface area contributed by atoms with E-state index in [-0.39, 0.29) is 92.5 Å². The molecule has 0 saturated heterocycles. The van der Waals surface area contributed by atoms with Crippen LogP contribution in [0.2, 0.25) is 0 Å². The Morgan fingerprint density at radius 2 is 0.641 bits per heavy atom. The van der Waals surface area contributed by atoms with Crippen molar-refractivity contribution >= 4 is 24.3 Å². The van der Waals surface area contributed by atoms with Crippen LogP contribution in [0.5, 0.6) is 34.5 Å². The van der Waals surface area contributed by atoms with Gasteiger partial charge in [-0.25, -0.2) is 29.3 Å². The normalized spacial score (nSPS) is 10.8. The molecule has 0 atom stereocenters. The summed E-state index contributed by atoms with van der Waals surface area (Å²) >= 11 is 0. The molecule has 0 unspecified atom stereocenters. The maximum Gasteiger partial charge on any atom is 0.204 e. The summed E-state index contributed by atoms with van der Waals surface area (Å²) in [5.74, 6) is 2.51. The average molecular weight is 889 g/mol. The van der Waals surface area contributed by atoms with Gasteiger partial charge in [-0.3, -0.25) is 0 Å². The lowest BCUT2D eigenvalue weighted by atomic mass is 10.1. The molecule has 0 fully saturated rings. The molecule has 0 saturated carbocycles. The molecule has 0 heterocycles. The van der Waals surface area contributed by atoms with Gasteiger partial charge in [-0.05, 0) is 35.4 Å². The van der Waals surface area contributed by atoms with Gasteiger partial charge in [0.05, 0.1) is 18.8 Å². The molecule has 0 spiro atoms. The Morgan fingerprint density at radius 1 is 0.312 bits per heavy atom. The molecule has 0 aliphatic heterocycles. The van der Waals surface area contributed by atoms with Crippen LogP contribution in [-0.2, 0) is 43.5 Å². The number of benzene rings is 3. The zero-order valence-electron chi connectivity index (χ0n) is 36.4. The highest BCUT2D eigenvalue weighted by Crippen LogP contribution is 2.43. The molecule has 346 valence electrons. The summed E-state index contributed by atoms with van der Waals surface area (Å²) in [6.07, 6.45) is 16.6. The third kappa shape index (κ3) is 20.6. The van der Waals surface area contributed by atoms with Crippen molar-refractivity contribution in [2.45, 2.75) is 0 Å². The van der Waals surface area contributed by atoms with E-state index in [0.717, 1.165) is 22.3 Å². The minimum atomic E-state index is 0.129. The summed E-state index contributed by atoms with van der Waals surface area (Å²) < 4.78 is 52.6. The van der Waals surface area contributed by atoms with E-state index in [1.807, 2.05) is 66.8 Å². The largest absolute Gasteiger partial charge is 0.498 e. The van der Waals surface area contributed by atoms with Crippen LogP contribution in [0.4, 0.5) is 0 Å². The highest BCUT2D eigenvalue weighted by Gasteiger charge is 2.19. The molecule has 0 bridgehead atoms. The standard InChI is InChI=1S/C49H60O15/c1-7-25-59-62-37-34-54-45-24-22-42(46(55-32-29-51-11-5)49(45)58-36-39-64-61-27-9-3)19-17-40-13-15-41(16-14-40)18-20-43-21-23-44(53-31-28-50-10-4)48(57-33-30-52-12-6)47(43)56-35-38-63-60-26-8-2/h7-24H,1-6,25-39H2/b19-17+,20-18+. The van der Waals surface area contributed by atoms with Crippen LogP contribution in [0.1, 0.15) is 22.3 Å². The predicted octanol–water partition coefficient (Wildman–Crippen LogP) is 9.18. The van der Waals surface area contributed by atoms with Crippen LogP contribution in [0.15, 0.2) is 125 Å². The van der Waals surface area contributed by atoms with Gasteiger partial charge in [-0.2, -0.15) is 0 Å². The smallest absolute Gasteiger partial charge is 0.204 e. The van der Waals surface area contributed by atoms with E-state index in [1.165, 1.54) is 18.8 Å². The zero-order chi connectivity index (χ0) is 45.7. The fourth-order valence-electron chi connectivity index (χ4n) is 5.11. The Morgan fingerprint density at radius 3 is 1.00 bits per heavy atom. The third-order valence-corrected chi connectivity index (χ3v) is 7.83. The molecular formula is C49H60O15. The second kappa shape index (κ2) is 34.1. The van der Waals surface area contributed by atoms with Gasteiger partial charge >= 0.3 is 0 Å². The van der Waals surface area contributed by atoms with E-state index < -0.39 is 0 Å². The van der Waals surface area contributed by atoms with Crippen molar-refractivity contribution in [1.29, 1.82) is 0 Å². The van der Waals surface area contributed by atoms with Gasteiger partial charge in [0, 0.05) is 11.1 Å². The van der Waals surface area contributed by atoms with Gasteiger partial charge in [0.15, 0.2) is 23.0 Å². The van der Waals surface area contributed by atoms with Crippen molar-refractivity contribution in [3.63, 3.8) is 0 Å². The van der Waals surface area contributed by atoms with E-state index in [9.17, 15) is 0 Å². The Hall–Kier alpha value is -6.46. The Kier molecular flexibility index (Phi) is 27.6.